The number of benzene rings is 1. The molecular weight excluding hydrogens is 252 g/mol. The molecule has 0 bridgehead atoms. The zero-order valence-corrected chi connectivity index (χ0v) is 14.4. The van der Waals surface area contributed by atoms with Gasteiger partial charge in [-0.1, -0.05) is 41.5 Å². The van der Waals surface area contributed by atoms with Gasteiger partial charge in [-0.3, -0.25) is 0 Å². The van der Waals surface area contributed by atoms with E-state index in [1.165, 1.54) is 0 Å². The Labute approximate surface area is 119 Å². The van der Waals surface area contributed by atoms with Gasteiger partial charge in [-0.15, -0.1) is 0 Å². The Kier molecular flexibility index (Phi) is 5.47. The normalized spacial score (nSPS) is 12.3. The van der Waals surface area contributed by atoms with Crippen LogP contribution in [-0.4, -0.2) is 15.4 Å². The fraction of sp³-hybridized carbons (Fsp3) is 0.625. The second-order valence-electron chi connectivity index (χ2n) is 6.10. The summed E-state index contributed by atoms with van der Waals surface area (Å²) < 4.78 is 11.8. The molecule has 0 heterocycles. The summed E-state index contributed by atoms with van der Waals surface area (Å²) in [6.45, 7) is 13.8. The fourth-order valence-electron chi connectivity index (χ4n) is 3.20. The van der Waals surface area contributed by atoms with E-state index in [4.69, 9.17) is 9.16 Å². The Bertz CT molecular complexity index is 360. The highest BCUT2D eigenvalue weighted by molar-refractivity contribution is 6.78. The van der Waals surface area contributed by atoms with E-state index >= 15 is 0 Å². The average molecular weight is 280 g/mol. The van der Waals surface area contributed by atoms with Gasteiger partial charge in [0.15, 0.2) is 0 Å². The first-order valence-corrected chi connectivity index (χ1v) is 9.31. The van der Waals surface area contributed by atoms with Crippen LogP contribution in [0.5, 0.6) is 11.5 Å². The van der Waals surface area contributed by atoms with Crippen molar-refractivity contribution in [2.24, 2.45) is 0 Å². The molecule has 0 aliphatic heterocycles. The molecule has 0 N–H and O–H groups in total. The van der Waals surface area contributed by atoms with Gasteiger partial charge in [0.2, 0.25) is 0 Å². The van der Waals surface area contributed by atoms with Gasteiger partial charge >= 0.3 is 0 Å². The number of hydrogen-bond donors (Lipinski definition) is 0. The van der Waals surface area contributed by atoms with Crippen LogP contribution in [0.15, 0.2) is 24.3 Å². The summed E-state index contributed by atoms with van der Waals surface area (Å²) in [5, 5.41) is 0. The topological polar surface area (TPSA) is 18.5 Å². The van der Waals surface area contributed by atoms with E-state index in [0.29, 0.717) is 16.6 Å². The van der Waals surface area contributed by atoms with E-state index < -0.39 is 8.32 Å². The minimum atomic E-state index is -1.84. The molecule has 0 atom stereocenters. The van der Waals surface area contributed by atoms with Crippen molar-refractivity contribution in [3.8, 4) is 11.5 Å². The summed E-state index contributed by atoms with van der Waals surface area (Å²) in [5.41, 5.74) is 1.78. The van der Waals surface area contributed by atoms with Crippen molar-refractivity contribution in [3.63, 3.8) is 0 Å². The van der Waals surface area contributed by atoms with Gasteiger partial charge in [0.25, 0.3) is 8.32 Å². The third-order valence-electron chi connectivity index (χ3n) is 4.06. The van der Waals surface area contributed by atoms with Crippen LogP contribution in [0, 0.1) is 0 Å². The molecule has 19 heavy (non-hydrogen) atoms. The quantitative estimate of drug-likeness (QED) is 0.663. The largest absolute Gasteiger partial charge is 0.543 e. The molecular formula is C16H28O2Si. The minimum absolute atomic E-state index is 0.592. The van der Waals surface area contributed by atoms with E-state index in [-0.39, 0.29) is 0 Å². The molecule has 0 aromatic heterocycles. The maximum atomic E-state index is 6.57. The van der Waals surface area contributed by atoms with Gasteiger partial charge in [-0.2, -0.15) is 0 Å². The molecule has 0 aliphatic rings. The van der Waals surface area contributed by atoms with Crippen molar-refractivity contribution < 1.29 is 9.16 Å². The maximum absolute atomic E-state index is 6.57. The van der Waals surface area contributed by atoms with Gasteiger partial charge in [-0.05, 0) is 40.9 Å². The number of hydrogen-bond acceptors (Lipinski definition) is 2. The lowest BCUT2D eigenvalue weighted by molar-refractivity contribution is 0.413. The van der Waals surface area contributed by atoms with E-state index in [1.54, 1.807) is 7.11 Å². The summed E-state index contributed by atoms with van der Waals surface area (Å²) in [6, 6.07) is 7.98. The highest BCUT2D eigenvalue weighted by Crippen LogP contribution is 2.42. The van der Waals surface area contributed by atoms with Crippen molar-refractivity contribution in [3.05, 3.63) is 24.3 Å². The Morgan fingerprint density at radius 1 is 0.737 bits per heavy atom. The second kappa shape index (κ2) is 6.46. The van der Waals surface area contributed by atoms with Crippen molar-refractivity contribution in [2.45, 2.75) is 58.2 Å². The van der Waals surface area contributed by atoms with Crippen molar-refractivity contribution >= 4 is 8.32 Å². The molecule has 1 rings (SSSR count). The summed E-state index contributed by atoms with van der Waals surface area (Å²) >= 11 is 0. The van der Waals surface area contributed by atoms with Gasteiger partial charge in [-0.25, -0.2) is 0 Å². The molecule has 0 unspecified atom stereocenters. The lowest BCUT2D eigenvalue weighted by Crippen LogP contribution is -2.50. The van der Waals surface area contributed by atoms with E-state index in [9.17, 15) is 0 Å². The maximum Gasteiger partial charge on any atom is 0.258 e. The molecule has 0 amide bonds. The van der Waals surface area contributed by atoms with Crippen molar-refractivity contribution in [2.75, 3.05) is 7.11 Å². The SMILES string of the molecule is COc1ccc(O[Si](C(C)C)(C(C)C)C(C)C)cc1. The smallest absolute Gasteiger partial charge is 0.258 e. The first-order chi connectivity index (χ1) is 8.84. The molecule has 0 radical (unpaired) electrons. The number of methoxy groups -OCH3 is 1. The van der Waals surface area contributed by atoms with Crippen LogP contribution in [0.2, 0.25) is 16.6 Å². The lowest BCUT2D eigenvalue weighted by atomic mass is 10.3. The molecule has 0 saturated carbocycles. The molecule has 0 saturated heterocycles. The van der Waals surface area contributed by atoms with Crippen LogP contribution in [0.1, 0.15) is 41.5 Å². The molecule has 108 valence electrons. The van der Waals surface area contributed by atoms with Crippen LogP contribution in [0.4, 0.5) is 0 Å². The van der Waals surface area contributed by atoms with Crippen LogP contribution >= 0.6 is 0 Å². The van der Waals surface area contributed by atoms with Crippen molar-refractivity contribution in [1.82, 2.24) is 0 Å². The Morgan fingerprint density at radius 3 is 1.42 bits per heavy atom. The van der Waals surface area contributed by atoms with Crippen LogP contribution in [-0.2, 0) is 0 Å². The van der Waals surface area contributed by atoms with Gasteiger partial charge in [0.05, 0.1) is 7.11 Å². The van der Waals surface area contributed by atoms with Crippen LogP contribution < -0.4 is 9.16 Å². The number of ether oxygens (including phenoxy) is 1. The van der Waals surface area contributed by atoms with E-state index in [2.05, 4.69) is 41.5 Å². The molecule has 3 heteroatoms. The molecule has 1 aromatic rings. The average Bonchev–Trinajstić information content (AvgIpc) is 2.35. The second-order valence-corrected chi connectivity index (χ2v) is 11.5. The summed E-state index contributed by atoms with van der Waals surface area (Å²) in [5.74, 6) is 1.85. The van der Waals surface area contributed by atoms with Crippen LogP contribution in [0.25, 0.3) is 0 Å². The third-order valence-corrected chi connectivity index (χ3v) is 10.1. The minimum Gasteiger partial charge on any atom is -0.543 e. The molecule has 1 aromatic carbocycles. The Hall–Kier alpha value is -0.963. The summed E-state index contributed by atoms with van der Waals surface area (Å²) in [4.78, 5) is 0. The Morgan fingerprint density at radius 2 is 1.11 bits per heavy atom. The Balaban J connectivity index is 3.06. The first kappa shape index (κ1) is 16.1. The number of rotatable bonds is 6. The first-order valence-electron chi connectivity index (χ1n) is 7.17. The molecule has 2 nitrogen and oxygen atoms in total. The molecule has 0 spiro atoms. The van der Waals surface area contributed by atoms with Gasteiger partial charge in [0.1, 0.15) is 11.5 Å². The predicted octanol–water partition coefficient (Wildman–Crippen LogP) is 5.25. The van der Waals surface area contributed by atoms with Crippen molar-refractivity contribution in [1.29, 1.82) is 0 Å². The fourth-order valence-corrected chi connectivity index (χ4v) is 8.45. The highest BCUT2D eigenvalue weighted by atomic mass is 28.4. The summed E-state index contributed by atoms with van der Waals surface area (Å²) in [6.07, 6.45) is 0. The third kappa shape index (κ3) is 3.33. The standard InChI is InChI=1S/C16H28O2Si/c1-12(2)19(13(3)4,14(5)6)18-16-10-8-15(17-7)9-11-16/h8-14H,1-7H3. The zero-order valence-electron chi connectivity index (χ0n) is 13.4. The van der Waals surface area contributed by atoms with E-state index in [1.807, 2.05) is 24.3 Å². The zero-order chi connectivity index (χ0) is 14.6. The van der Waals surface area contributed by atoms with Gasteiger partial charge < -0.3 is 9.16 Å². The lowest BCUT2D eigenvalue weighted by Gasteiger charge is -2.42. The predicted molar refractivity (Wildman–Crippen MR) is 84.7 cm³/mol. The molecule has 0 fully saturated rings. The molecule has 0 aliphatic carbocycles. The van der Waals surface area contributed by atoms with Crippen LogP contribution in [0.3, 0.4) is 0 Å². The van der Waals surface area contributed by atoms with E-state index in [0.717, 1.165) is 11.5 Å². The van der Waals surface area contributed by atoms with Gasteiger partial charge in [0, 0.05) is 0 Å². The summed E-state index contributed by atoms with van der Waals surface area (Å²) in [7, 11) is -0.151. The monoisotopic (exact) mass is 280 g/mol. The highest BCUT2D eigenvalue weighted by Gasteiger charge is 2.46.